The number of H-pyrrole nitrogens is 1. The second-order valence-corrected chi connectivity index (χ2v) is 10.5. The van der Waals surface area contributed by atoms with E-state index in [2.05, 4.69) is 29.1 Å². The maximum atomic E-state index is 13.8. The fourth-order valence-corrected chi connectivity index (χ4v) is 6.45. The van der Waals surface area contributed by atoms with Crippen molar-refractivity contribution in [3.63, 3.8) is 0 Å². The first-order chi connectivity index (χ1) is 16.4. The molecule has 4 N–H and O–H groups in total. The molecule has 2 heterocycles. The Kier molecular flexibility index (Phi) is 4.88. The summed E-state index contributed by atoms with van der Waals surface area (Å²) in [4.78, 5) is 34.2. The molecule has 1 spiro atoms. The largest absolute Gasteiger partial charge is 0.354 e. The van der Waals surface area contributed by atoms with Crippen LogP contribution in [0.15, 0.2) is 30.5 Å². The number of hydrazine groups is 1. The SMILES string of the molecule is C=C1/C(=C\NN)CCCc2c1[nH]c1cc3c(cc21)N(CC(=O)N(C)C1CC1)C(=O)C31CCCC1. The fourth-order valence-electron chi connectivity index (χ4n) is 6.45. The van der Waals surface area contributed by atoms with Gasteiger partial charge in [-0.25, -0.2) is 0 Å². The average molecular weight is 460 g/mol. The van der Waals surface area contributed by atoms with Crippen molar-refractivity contribution >= 4 is 34.0 Å². The number of hydrogen-bond acceptors (Lipinski definition) is 4. The van der Waals surface area contributed by atoms with Crippen molar-refractivity contribution in [2.24, 2.45) is 5.84 Å². The summed E-state index contributed by atoms with van der Waals surface area (Å²) < 4.78 is 0. The monoisotopic (exact) mass is 459 g/mol. The Labute approximate surface area is 200 Å². The normalized spacial score (nSPS) is 22.4. The lowest BCUT2D eigenvalue weighted by Crippen LogP contribution is -2.44. The van der Waals surface area contributed by atoms with Gasteiger partial charge in [0.1, 0.15) is 6.54 Å². The Hall–Kier alpha value is -3.06. The van der Waals surface area contributed by atoms with Crippen molar-refractivity contribution in [3.8, 4) is 0 Å². The molecule has 2 fully saturated rings. The molecule has 178 valence electrons. The Balaban J connectivity index is 1.47. The number of carbonyl (C=O) groups is 2. The third-order valence-corrected chi connectivity index (χ3v) is 8.54. The molecule has 1 aliphatic heterocycles. The minimum atomic E-state index is -0.490. The predicted octanol–water partition coefficient (Wildman–Crippen LogP) is 3.64. The van der Waals surface area contributed by atoms with E-state index < -0.39 is 5.41 Å². The number of fused-ring (bicyclic) bond motifs is 5. The maximum absolute atomic E-state index is 13.8. The summed E-state index contributed by atoms with van der Waals surface area (Å²) in [6.07, 6.45) is 10.6. The first-order valence-corrected chi connectivity index (χ1v) is 12.6. The van der Waals surface area contributed by atoms with Crippen molar-refractivity contribution < 1.29 is 9.59 Å². The number of aromatic nitrogens is 1. The number of allylic oxidation sites excluding steroid dienone is 2. The molecular formula is C27H33N5O2. The zero-order valence-electron chi connectivity index (χ0n) is 19.9. The smallest absolute Gasteiger partial charge is 0.242 e. The number of carbonyl (C=O) groups excluding carboxylic acids is 2. The first-order valence-electron chi connectivity index (χ1n) is 12.6. The van der Waals surface area contributed by atoms with E-state index in [0.717, 1.165) is 96.8 Å². The minimum absolute atomic E-state index is 0.0299. The number of benzene rings is 1. The van der Waals surface area contributed by atoms with E-state index in [1.807, 2.05) is 18.1 Å². The van der Waals surface area contributed by atoms with Crippen molar-refractivity contribution in [1.82, 2.24) is 15.3 Å². The lowest BCUT2D eigenvalue weighted by Gasteiger charge is -2.25. The molecule has 0 radical (unpaired) electrons. The van der Waals surface area contributed by atoms with Crippen LogP contribution in [-0.2, 0) is 21.4 Å². The molecule has 2 amide bonds. The van der Waals surface area contributed by atoms with Crippen LogP contribution in [-0.4, -0.2) is 41.3 Å². The van der Waals surface area contributed by atoms with Crippen molar-refractivity contribution in [2.45, 2.75) is 69.2 Å². The van der Waals surface area contributed by atoms with Crippen LogP contribution in [0.2, 0.25) is 0 Å². The summed E-state index contributed by atoms with van der Waals surface area (Å²) in [6.45, 7) is 4.48. The van der Waals surface area contributed by atoms with Crippen molar-refractivity contribution in [2.75, 3.05) is 18.5 Å². The van der Waals surface area contributed by atoms with E-state index in [-0.39, 0.29) is 18.4 Å². The molecule has 7 nitrogen and oxygen atoms in total. The van der Waals surface area contributed by atoms with Crippen LogP contribution in [0, 0.1) is 0 Å². The van der Waals surface area contributed by atoms with E-state index in [1.54, 1.807) is 4.90 Å². The summed E-state index contributed by atoms with van der Waals surface area (Å²) in [5.74, 6) is 5.71. The van der Waals surface area contributed by atoms with Crippen LogP contribution >= 0.6 is 0 Å². The van der Waals surface area contributed by atoms with Crippen molar-refractivity contribution in [3.05, 3.63) is 47.3 Å². The third kappa shape index (κ3) is 3.06. The number of nitrogens with one attached hydrogen (secondary N) is 2. The Bertz CT molecular complexity index is 1250. The van der Waals surface area contributed by atoms with Gasteiger partial charge in [0.15, 0.2) is 0 Å². The lowest BCUT2D eigenvalue weighted by molar-refractivity contribution is -0.131. The van der Waals surface area contributed by atoms with E-state index in [9.17, 15) is 9.59 Å². The van der Waals surface area contributed by atoms with Crippen LogP contribution < -0.4 is 16.2 Å². The molecular weight excluding hydrogens is 426 g/mol. The molecule has 34 heavy (non-hydrogen) atoms. The number of nitrogens with two attached hydrogens (primary N) is 1. The molecule has 0 bridgehead atoms. The van der Waals surface area contributed by atoms with Gasteiger partial charge >= 0.3 is 0 Å². The average Bonchev–Trinajstić information content (AvgIpc) is 3.44. The molecule has 7 heteroatoms. The highest BCUT2D eigenvalue weighted by Crippen LogP contribution is 2.53. The fraction of sp³-hybridized carbons (Fsp3) is 0.481. The van der Waals surface area contributed by atoms with Crippen LogP contribution in [0.5, 0.6) is 0 Å². The molecule has 0 saturated heterocycles. The van der Waals surface area contributed by atoms with Gasteiger partial charge in [0.2, 0.25) is 11.8 Å². The van der Waals surface area contributed by atoms with Crippen LogP contribution in [0.1, 0.15) is 68.2 Å². The summed E-state index contributed by atoms with van der Waals surface area (Å²) in [7, 11) is 1.87. The Morgan fingerprint density at radius 2 is 2.06 bits per heavy atom. The Morgan fingerprint density at radius 1 is 1.29 bits per heavy atom. The summed E-state index contributed by atoms with van der Waals surface area (Å²) >= 11 is 0. The third-order valence-electron chi connectivity index (χ3n) is 8.54. The molecule has 4 aliphatic rings. The molecule has 1 aromatic carbocycles. The summed E-state index contributed by atoms with van der Waals surface area (Å²) in [5, 5.41) is 1.13. The molecule has 0 unspecified atom stereocenters. The van der Waals surface area contributed by atoms with Crippen LogP contribution in [0.3, 0.4) is 0 Å². The molecule has 6 rings (SSSR count). The van der Waals surface area contributed by atoms with Crippen LogP contribution in [0.25, 0.3) is 16.5 Å². The maximum Gasteiger partial charge on any atom is 0.242 e. The molecule has 0 atom stereocenters. The van der Waals surface area contributed by atoms with Crippen LogP contribution in [0.4, 0.5) is 5.69 Å². The van der Waals surface area contributed by atoms with E-state index in [1.165, 1.54) is 5.56 Å². The highest BCUT2D eigenvalue weighted by molar-refractivity contribution is 6.13. The standard InChI is InChI=1S/C27H33N5O2/c1-16-17(14-29-28)6-5-7-19-20-12-23-21(13-22(20)30-25(16)19)27(10-3-4-11-27)26(34)32(23)15-24(33)31(2)18-8-9-18/h12-14,18,29-30H,1,3-11,15,28H2,2H3/b17-14-. The molecule has 1 aromatic heterocycles. The van der Waals surface area contributed by atoms with E-state index in [4.69, 9.17) is 5.84 Å². The number of aryl methyl sites for hydroxylation is 1. The topological polar surface area (TPSA) is 94.5 Å². The van der Waals surface area contributed by atoms with Gasteiger partial charge in [-0.05, 0) is 79.4 Å². The van der Waals surface area contributed by atoms with Gasteiger partial charge in [-0.2, -0.15) is 0 Å². The number of aromatic amines is 1. The van der Waals surface area contributed by atoms with E-state index >= 15 is 0 Å². The van der Waals surface area contributed by atoms with Crippen molar-refractivity contribution in [1.29, 1.82) is 0 Å². The highest BCUT2D eigenvalue weighted by atomic mass is 16.2. The lowest BCUT2D eigenvalue weighted by atomic mass is 9.80. The number of nitrogens with zero attached hydrogens (tertiary/aromatic N) is 2. The van der Waals surface area contributed by atoms with Gasteiger partial charge in [0, 0.05) is 41.6 Å². The van der Waals surface area contributed by atoms with Gasteiger partial charge in [0.05, 0.1) is 5.41 Å². The number of likely N-dealkylation sites (N-methyl/N-ethyl adjacent to an activating group) is 1. The summed E-state index contributed by atoms with van der Waals surface area (Å²) in [5.41, 5.74) is 9.61. The molecule has 3 aliphatic carbocycles. The number of rotatable bonds is 4. The van der Waals surface area contributed by atoms with Gasteiger partial charge in [-0.15, -0.1) is 0 Å². The predicted molar refractivity (Wildman–Crippen MR) is 134 cm³/mol. The number of anilines is 1. The van der Waals surface area contributed by atoms with Gasteiger partial charge in [-0.3, -0.25) is 15.4 Å². The zero-order chi connectivity index (χ0) is 23.6. The second kappa shape index (κ2) is 7.73. The first kappa shape index (κ1) is 21.5. The summed E-state index contributed by atoms with van der Waals surface area (Å²) in [6, 6.07) is 4.69. The number of amides is 2. The highest BCUT2D eigenvalue weighted by Gasteiger charge is 2.53. The quantitative estimate of drug-likeness (QED) is 0.370. The second-order valence-electron chi connectivity index (χ2n) is 10.5. The van der Waals surface area contributed by atoms with Gasteiger partial charge in [-0.1, -0.05) is 19.4 Å². The Morgan fingerprint density at radius 3 is 2.76 bits per heavy atom. The van der Waals surface area contributed by atoms with Gasteiger partial charge < -0.3 is 20.2 Å². The number of hydrogen-bond donors (Lipinski definition) is 3. The zero-order valence-corrected chi connectivity index (χ0v) is 19.9. The minimum Gasteiger partial charge on any atom is -0.354 e. The van der Waals surface area contributed by atoms with E-state index in [0.29, 0.717) is 6.04 Å². The molecule has 2 aromatic rings. The molecule has 2 saturated carbocycles. The van der Waals surface area contributed by atoms with Gasteiger partial charge in [0.25, 0.3) is 0 Å².